The van der Waals surface area contributed by atoms with Gasteiger partial charge < -0.3 is 9.47 Å². The standard InChI is InChI=1S/C13H15ClF2O3/c1-3-18-12(17)6-9-4-11(19-13(15)16)5-10(7-14)8(9)2/h4-5,13H,3,6-7H2,1-2H3. The van der Waals surface area contributed by atoms with Crippen LogP contribution in [-0.2, 0) is 21.8 Å². The first kappa shape index (κ1) is 15.7. The lowest BCUT2D eigenvalue weighted by molar-refractivity contribution is -0.142. The second-order valence-corrected chi connectivity index (χ2v) is 4.13. The fourth-order valence-electron chi connectivity index (χ4n) is 1.67. The molecule has 6 heteroatoms. The molecule has 0 N–H and O–H groups in total. The Morgan fingerprint density at radius 2 is 2.00 bits per heavy atom. The largest absolute Gasteiger partial charge is 0.466 e. The smallest absolute Gasteiger partial charge is 0.387 e. The summed E-state index contributed by atoms with van der Waals surface area (Å²) in [6.45, 7) is 0.832. The van der Waals surface area contributed by atoms with Gasteiger partial charge in [-0.15, -0.1) is 11.6 Å². The van der Waals surface area contributed by atoms with Gasteiger partial charge in [-0.2, -0.15) is 8.78 Å². The van der Waals surface area contributed by atoms with Gasteiger partial charge in [0.2, 0.25) is 0 Å². The Morgan fingerprint density at radius 3 is 2.53 bits per heavy atom. The van der Waals surface area contributed by atoms with Gasteiger partial charge in [0.15, 0.2) is 0 Å². The first-order valence-electron chi connectivity index (χ1n) is 5.76. The summed E-state index contributed by atoms with van der Waals surface area (Å²) in [5.41, 5.74) is 2.01. The summed E-state index contributed by atoms with van der Waals surface area (Å²) < 4.78 is 33.6. The van der Waals surface area contributed by atoms with Crippen molar-refractivity contribution in [2.45, 2.75) is 32.8 Å². The molecular formula is C13H15ClF2O3. The summed E-state index contributed by atoms with van der Waals surface area (Å²) in [4.78, 5) is 11.5. The van der Waals surface area contributed by atoms with E-state index in [1.54, 1.807) is 13.8 Å². The fraction of sp³-hybridized carbons (Fsp3) is 0.462. The summed E-state index contributed by atoms with van der Waals surface area (Å²) in [6, 6.07) is 2.86. The van der Waals surface area contributed by atoms with Crippen molar-refractivity contribution in [2.24, 2.45) is 0 Å². The van der Waals surface area contributed by atoms with Gasteiger partial charge in [0.05, 0.1) is 13.0 Å². The highest BCUT2D eigenvalue weighted by molar-refractivity contribution is 6.17. The first-order valence-corrected chi connectivity index (χ1v) is 6.30. The molecule has 1 rings (SSSR count). The van der Waals surface area contributed by atoms with Crippen molar-refractivity contribution >= 4 is 17.6 Å². The summed E-state index contributed by atoms with van der Waals surface area (Å²) in [6.07, 6.45) is 0.00397. The number of halogens is 3. The molecule has 0 bridgehead atoms. The van der Waals surface area contributed by atoms with Gasteiger partial charge in [0.25, 0.3) is 0 Å². The third-order valence-corrected chi connectivity index (χ3v) is 2.89. The molecule has 0 aromatic heterocycles. The molecule has 0 radical (unpaired) electrons. The fourth-order valence-corrected chi connectivity index (χ4v) is 1.95. The van der Waals surface area contributed by atoms with E-state index >= 15 is 0 Å². The predicted molar refractivity (Wildman–Crippen MR) is 67.7 cm³/mol. The predicted octanol–water partition coefficient (Wildman–Crippen LogP) is 3.44. The number of esters is 1. The van der Waals surface area contributed by atoms with E-state index in [1.807, 2.05) is 0 Å². The van der Waals surface area contributed by atoms with Gasteiger partial charge in [0.1, 0.15) is 5.75 Å². The third kappa shape index (κ3) is 4.67. The van der Waals surface area contributed by atoms with E-state index in [0.717, 1.165) is 5.56 Å². The van der Waals surface area contributed by atoms with Crippen LogP contribution in [0.3, 0.4) is 0 Å². The maximum atomic E-state index is 12.2. The lowest BCUT2D eigenvalue weighted by Gasteiger charge is -2.13. The molecule has 0 saturated heterocycles. The van der Waals surface area contributed by atoms with Crippen LogP contribution in [0.2, 0.25) is 0 Å². The van der Waals surface area contributed by atoms with Gasteiger partial charge in [-0.1, -0.05) is 0 Å². The Bertz CT molecular complexity index is 450. The van der Waals surface area contributed by atoms with Crippen LogP contribution in [0.4, 0.5) is 8.78 Å². The van der Waals surface area contributed by atoms with Crippen molar-refractivity contribution in [3.63, 3.8) is 0 Å². The van der Waals surface area contributed by atoms with E-state index in [1.165, 1.54) is 12.1 Å². The number of benzene rings is 1. The lowest BCUT2D eigenvalue weighted by atomic mass is 10.0. The van der Waals surface area contributed by atoms with Crippen LogP contribution in [0.15, 0.2) is 12.1 Å². The maximum absolute atomic E-state index is 12.2. The molecule has 0 unspecified atom stereocenters. The van der Waals surface area contributed by atoms with Crippen molar-refractivity contribution < 1.29 is 23.0 Å². The molecule has 0 atom stereocenters. The minimum atomic E-state index is -2.92. The minimum absolute atomic E-state index is 0.00397. The van der Waals surface area contributed by atoms with E-state index in [0.29, 0.717) is 11.1 Å². The number of carbonyl (C=O) groups excluding carboxylic acids is 1. The van der Waals surface area contributed by atoms with Gasteiger partial charge in [-0.3, -0.25) is 4.79 Å². The normalized spacial score (nSPS) is 10.6. The van der Waals surface area contributed by atoms with E-state index in [2.05, 4.69) is 4.74 Å². The highest BCUT2D eigenvalue weighted by Crippen LogP contribution is 2.25. The van der Waals surface area contributed by atoms with Crippen molar-refractivity contribution in [3.05, 3.63) is 28.8 Å². The highest BCUT2D eigenvalue weighted by atomic mass is 35.5. The Morgan fingerprint density at radius 1 is 1.37 bits per heavy atom. The van der Waals surface area contributed by atoms with Gasteiger partial charge in [-0.25, -0.2) is 0 Å². The van der Waals surface area contributed by atoms with Gasteiger partial charge in [0, 0.05) is 5.88 Å². The molecular weight excluding hydrogens is 278 g/mol. The van der Waals surface area contributed by atoms with Crippen LogP contribution < -0.4 is 4.74 Å². The molecule has 0 aliphatic carbocycles. The second kappa shape index (κ2) is 7.28. The quantitative estimate of drug-likeness (QED) is 0.595. The number of ether oxygens (including phenoxy) is 2. The van der Waals surface area contributed by atoms with Crippen LogP contribution in [-0.4, -0.2) is 19.2 Å². The van der Waals surface area contributed by atoms with Crippen LogP contribution in [0.5, 0.6) is 5.75 Å². The van der Waals surface area contributed by atoms with Crippen molar-refractivity contribution in [1.82, 2.24) is 0 Å². The number of alkyl halides is 3. The first-order chi connectivity index (χ1) is 8.97. The highest BCUT2D eigenvalue weighted by Gasteiger charge is 2.14. The average molecular weight is 293 g/mol. The molecule has 1 aromatic rings. The number of hydrogen-bond donors (Lipinski definition) is 0. The Labute approximate surface area is 115 Å². The van der Waals surface area contributed by atoms with E-state index < -0.39 is 12.6 Å². The van der Waals surface area contributed by atoms with Crippen molar-refractivity contribution in [1.29, 1.82) is 0 Å². The number of carbonyl (C=O) groups is 1. The van der Waals surface area contributed by atoms with Crippen LogP contribution in [0.25, 0.3) is 0 Å². The molecule has 0 heterocycles. The molecule has 0 fully saturated rings. The average Bonchev–Trinajstić information content (AvgIpc) is 2.32. The van der Waals surface area contributed by atoms with Crippen LogP contribution in [0.1, 0.15) is 23.6 Å². The molecule has 0 amide bonds. The minimum Gasteiger partial charge on any atom is -0.466 e. The topological polar surface area (TPSA) is 35.5 Å². The maximum Gasteiger partial charge on any atom is 0.387 e. The lowest BCUT2D eigenvalue weighted by Crippen LogP contribution is -2.10. The zero-order chi connectivity index (χ0) is 14.4. The molecule has 0 spiro atoms. The molecule has 3 nitrogen and oxygen atoms in total. The monoisotopic (exact) mass is 292 g/mol. The Balaban J connectivity index is 3.03. The van der Waals surface area contributed by atoms with Crippen molar-refractivity contribution in [3.8, 4) is 5.75 Å². The van der Waals surface area contributed by atoms with E-state index in [9.17, 15) is 13.6 Å². The summed E-state index contributed by atoms with van der Waals surface area (Å²) in [5, 5.41) is 0. The zero-order valence-electron chi connectivity index (χ0n) is 10.7. The molecule has 1 aromatic carbocycles. The molecule has 106 valence electrons. The number of rotatable bonds is 6. The molecule has 0 aliphatic heterocycles. The second-order valence-electron chi connectivity index (χ2n) is 3.86. The third-order valence-electron chi connectivity index (χ3n) is 2.61. The van der Waals surface area contributed by atoms with E-state index in [-0.39, 0.29) is 24.7 Å². The molecule has 0 saturated carbocycles. The SMILES string of the molecule is CCOC(=O)Cc1cc(OC(F)F)cc(CCl)c1C. The molecule has 19 heavy (non-hydrogen) atoms. The van der Waals surface area contributed by atoms with E-state index in [4.69, 9.17) is 16.3 Å². The number of hydrogen-bond acceptors (Lipinski definition) is 3. The van der Waals surface area contributed by atoms with Gasteiger partial charge >= 0.3 is 12.6 Å². The Hall–Kier alpha value is -1.36. The summed E-state index contributed by atoms with van der Waals surface area (Å²) in [5.74, 6) is -0.266. The molecule has 0 aliphatic rings. The zero-order valence-corrected chi connectivity index (χ0v) is 11.5. The van der Waals surface area contributed by atoms with Gasteiger partial charge in [-0.05, 0) is 42.7 Å². The summed E-state index contributed by atoms with van der Waals surface area (Å²) >= 11 is 5.75. The Kier molecular flexibility index (Phi) is 6.02. The van der Waals surface area contributed by atoms with Crippen LogP contribution in [0, 0.1) is 6.92 Å². The van der Waals surface area contributed by atoms with Crippen LogP contribution >= 0.6 is 11.6 Å². The van der Waals surface area contributed by atoms with Crippen molar-refractivity contribution in [2.75, 3.05) is 6.61 Å². The summed E-state index contributed by atoms with van der Waals surface area (Å²) in [7, 11) is 0.